The molecule has 0 fully saturated rings. The van der Waals surface area contributed by atoms with Crippen molar-refractivity contribution in [1.29, 1.82) is 5.26 Å². The molecule has 0 saturated carbocycles. The second-order valence-electron chi connectivity index (χ2n) is 8.38. The molecule has 1 aliphatic rings. The molecule has 150 valence electrons. The third-order valence-corrected chi connectivity index (χ3v) is 6.02. The van der Waals surface area contributed by atoms with E-state index < -0.39 is 0 Å². The summed E-state index contributed by atoms with van der Waals surface area (Å²) in [6, 6.07) is 15.0. The molecule has 2 aromatic rings. The van der Waals surface area contributed by atoms with E-state index in [-0.39, 0.29) is 11.5 Å². The van der Waals surface area contributed by atoms with E-state index in [4.69, 9.17) is 16.9 Å². The fraction of sp³-hybridized carbons (Fsp3) is 0.360. The maximum absolute atomic E-state index is 8.74. The highest BCUT2D eigenvalue weighted by Crippen LogP contribution is 2.40. The minimum absolute atomic E-state index is 0.100. The first-order valence-electron chi connectivity index (χ1n) is 10.1. The van der Waals surface area contributed by atoms with E-state index in [0.717, 1.165) is 17.1 Å². The number of nitrogens with one attached hydrogen (secondary N) is 1. The highest BCUT2D eigenvalue weighted by Gasteiger charge is 2.42. The van der Waals surface area contributed by atoms with Gasteiger partial charge in [0.2, 0.25) is 5.69 Å². The lowest BCUT2D eigenvalue weighted by atomic mass is 9.81. The van der Waals surface area contributed by atoms with Gasteiger partial charge in [0.1, 0.15) is 7.05 Å². The summed E-state index contributed by atoms with van der Waals surface area (Å²) in [6.07, 6.45) is 5.84. The Morgan fingerprint density at radius 1 is 1.21 bits per heavy atom. The van der Waals surface area contributed by atoms with Gasteiger partial charge in [-0.3, -0.25) is 0 Å². The minimum atomic E-state index is -0.100. The molecule has 3 rings (SSSR count). The minimum Gasteiger partial charge on any atom is -0.383 e. The number of fused-ring (bicyclic) bond motifs is 1. The number of aryl methyl sites for hydroxylation is 1. The predicted molar refractivity (Wildman–Crippen MR) is 123 cm³/mol. The predicted octanol–water partition coefficient (Wildman–Crippen LogP) is 6.47. The van der Waals surface area contributed by atoms with Gasteiger partial charge in [-0.25, -0.2) is 0 Å². The molecule has 0 saturated heterocycles. The van der Waals surface area contributed by atoms with Crippen LogP contribution in [0.25, 0.3) is 6.08 Å². The molecular formula is C25H29ClN3+. The van der Waals surface area contributed by atoms with Gasteiger partial charge in [-0.15, -0.1) is 0 Å². The molecule has 0 aromatic heterocycles. The molecule has 29 heavy (non-hydrogen) atoms. The van der Waals surface area contributed by atoms with Crippen LogP contribution in [0, 0.1) is 18.3 Å². The van der Waals surface area contributed by atoms with Crippen LogP contribution < -0.4 is 5.32 Å². The van der Waals surface area contributed by atoms with Crippen molar-refractivity contribution in [2.45, 2.75) is 52.0 Å². The van der Waals surface area contributed by atoms with Gasteiger partial charge in [0, 0.05) is 40.9 Å². The van der Waals surface area contributed by atoms with Gasteiger partial charge < -0.3 is 5.32 Å². The first-order chi connectivity index (χ1) is 13.7. The summed E-state index contributed by atoms with van der Waals surface area (Å²) >= 11 is 6.25. The second kappa shape index (κ2) is 8.43. The Morgan fingerprint density at radius 3 is 2.66 bits per heavy atom. The van der Waals surface area contributed by atoms with Crippen LogP contribution in [0.1, 0.15) is 50.3 Å². The molecule has 1 N–H and O–H groups in total. The van der Waals surface area contributed by atoms with E-state index in [1.165, 1.54) is 28.1 Å². The van der Waals surface area contributed by atoms with E-state index in [2.05, 4.69) is 93.2 Å². The molecule has 4 heteroatoms. The Bertz CT molecular complexity index is 1020. The van der Waals surface area contributed by atoms with Crippen molar-refractivity contribution in [2.75, 3.05) is 12.4 Å². The van der Waals surface area contributed by atoms with Crippen molar-refractivity contribution in [3.05, 3.63) is 64.2 Å². The van der Waals surface area contributed by atoms with Crippen molar-refractivity contribution in [3.63, 3.8) is 0 Å². The average molecular weight is 407 g/mol. The standard InChI is InChI=1S/C25H28ClN3/c1-17-15-21(28-18(2)7-6-14-27)11-8-19(17)9-13-24-25(3,4)22-16-20(26)10-12-23(22)29(24)5/h8-13,15-16,18H,6-7H2,1-5H3/p+1. The Hall–Kier alpha value is -2.57. The van der Waals surface area contributed by atoms with Gasteiger partial charge in [0.05, 0.1) is 11.5 Å². The Balaban J connectivity index is 1.82. The lowest BCUT2D eigenvalue weighted by Crippen LogP contribution is -2.26. The van der Waals surface area contributed by atoms with Crippen molar-refractivity contribution >= 4 is 34.8 Å². The molecule has 1 heterocycles. The van der Waals surface area contributed by atoms with Crippen molar-refractivity contribution in [2.24, 2.45) is 0 Å². The number of nitriles is 1. The Kier molecular flexibility index (Phi) is 6.15. The van der Waals surface area contributed by atoms with E-state index >= 15 is 0 Å². The molecule has 3 nitrogen and oxygen atoms in total. The van der Waals surface area contributed by atoms with Crippen LogP contribution in [-0.2, 0) is 5.41 Å². The summed E-state index contributed by atoms with van der Waals surface area (Å²) in [5.74, 6) is 0. The molecule has 0 amide bonds. The van der Waals surface area contributed by atoms with Crippen molar-refractivity contribution in [3.8, 4) is 6.07 Å². The number of rotatable bonds is 6. The van der Waals surface area contributed by atoms with Crippen LogP contribution in [0.5, 0.6) is 0 Å². The molecule has 1 unspecified atom stereocenters. The summed E-state index contributed by atoms with van der Waals surface area (Å²) in [6.45, 7) is 8.73. The van der Waals surface area contributed by atoms with Gasteiger partial charge in [-0.05, 0) is 75.6 Å². The second-order valence-corrected chi connectivity index (χ2v) is 8.81. The summed E-state index contributed by atoms with van der Waals surface area (Å²) in [5, 5.41) is 13.0. The number of benzene rings is 2. The maximum Gasteiger partial charge on any atom is 0.209 e. The number of anilines is 1. The average Bonchev–Trinajstić information content (AvgIpc) is 2.85. The fourth-order valence-electron chi connectivity index (χ4n) is 4.07. The van der Waals surface area contributed by atoms with E-state index in [1.807, 2.05) is 6.07 Å². The Morgan fingerprint density at radius 2 is 1.97 bits per heavy atom. The number of hydrogen-bond donors (Lipinski definition) is 1. The first-order valence-corrected chi connectivity index (χ1v) is 10.4. The number of hydrogen-bond acceptors (Lipinski definition) is 2. The molecule has 0 bridgehead atoms. The van der Waals surface area contributed by atoms with Gasteiger partial charge in [0.25, 0.3) is 0 Å². The van der Waals surface area contributed by atoms with Gasteiger partial charge in [-0.1, -0.05) is 17.7 Å². The van der Waals surface area contributed by atoms with Crippen LogP contribution in [0.2, 0.25) is 5.02 Å². The lowest BCUT2D eigenvalue weighted by molar-refractivity contribution is -0.401. The topological polar surface area (TPSA) is 38.8 Å². The molecule has 1 aliphatic heterocycles. The van der Waals surface area contributed by atoms with Crippen LogP contribution in [0.4, 0.5) is 11.4 Å². The van der Waals surface area contributed by atoms with E-state index in [1.54, 1.807) is 0 Å². The van der Waals surface area contributed by atoms with E-state index in [9.17, 15) is 0 Å². The molecule has 0 spiro atoms. The largest absolute Gasteiger partial charge is 0.383 e. The highest BCUT2D eigenvalue weighted by molar-refractivity contribution is 6.30. The highest BCUT2D eigenvalue weighted by atomic mass is 35.5. The molecule has 0 radical (unpaired) electrons. The van der Waals surface area contributed by atoms with Crippen LogP contribution >= 0.6 is 11.6 Å². The number of halogens is 1. The van der Waals surface area contributed by atoms with Gasteiger partial charge in [-0.2, -0.15) is 9.84 Å². The normalized spacial score (nSPS) is 16.0. The molecular weight excluding hydrogens is 378 g/mol. The third-order valence-electron chi connectivity index (χ3n) is 5.79. The summed E-state index contributed by atoms with van der Waals surface area (Å²) < 4.78 is 2.25. The monoisotopic (exact) mass is 406 g/mol. The summed E-state index contributed by atoms with van der Waals surface area (Å²) in [7, 11) is 2.11. The molecule has 1 atom stereocenters. The lowest BCUT2D eigenvalue weighted by Gasteiger charge is -2.16. The Labute approximate surface area is 179 Å². The van der Waals surface area contributed by atoms with Crippen LogP contribution in [0.15, 0.2) is 42.5 Å². The molecule has 0 aliphatic carbocycles. The van der Waals surface area contributed by atoms with Crippen LogP contribution in [0.3, 0.4) is 0 Å². The van der Waals surface area contributed by atoms with Crippen LogP contribution in [-0.4, -0.2) is 23.4 Å². The first kappa shape index (κ1) is 21.1. The zero-order valence-corrected chi connectivity index (χ0v) is 18.6. The van der Waals surface area contributed by atoms with Gasteiger partial charge >= 0.3 is 0 Å². The number of nitrogens with zero attached hydrogens (tertiary/aromatic N) is 2. The smallest absolute Gasteiger partial charge is 0.209 e. The zero-order valence-electron chi connectivity index (χ0n) is 17.9. The van der Waals surface area contributed by atoms with Gasteiger partial charge in [0.15, 0.2) is 5.71 Å². The van der Waals surface area contributed by atoms with E-state index in [0.29, 0.717) is 6.42 Å². The maximum atomic E-state index is 8.74. The number of allylic oxidation sites excluding steroid dienone is 1. The SMILES string of the molecule is Cc1cc(NC(C)CCC#N)ccc1/C=C/C1=[N+](C)c2ccc(Cl)cc2C1(C)C. The quantitative estimate of drug-likeness (QED) is 0.558. The third kappa shape index (κ3) is 4.38. The zero-order chi connectivity index (χ0) is 21.2. The fourth-order valence-corrected chi connectivity index (χ4v) is 4.24. The summed E-state index contributed by atoms with van der Waals surface area (Å²) in [5.41, 5.74) is 7.14. The van der Waals surface area contributed by atoms with Crippen molar-refractivity contribution < 1.29 is 4.58 Å². The summed E-state index contributed by atoms with van der Waals surface area (Å²) in [4.78, 5) is 0. The molecule has 2 aromatic carbocycles. The van der Waals surface area contributed by atoms with Crippen molar-refractivity contribution in [1.82, 2.24) is 0 Å².